The van der Waals surface area contributed by atoms with Crippen molar-refractivity contribution in [2.75, 3.05) is 13.1 Å². The topological polar surface area (TPSA) is 44.7 Å². The van der Waals surface area contributed by atoms with E-state index < -0.39 is 0 Å². The fourth-order valence-electron chi connectivity index (χ4n) is 5.78. The zero-order chi connectivity index (χ0) is 12.6. The molecule has 4 heteroatoms. The van der Waals surface area contributed by atoms with Crippen molar-refractivity contribution in [1.29, 1.82) is 0 Å². The first-order chi connectivity index (χ1) is 9.29. The van der Waals surface area contributed by atoms with E-state index in [1.807, 2.05) is 5.01 Å². The summed E-state index contributed by atoms with van der Waals surface area (Å²) in [5, 5.41) is 9.92. The SMILES string of the molecule is O=C1C2CNCC2=NN1C1C2CC3CC(C2)CC1C3. The maximum Gasteiger partial charge on any atom is 0.253 e. The van der Waals surface area contributed by atoms with Gasteiger partial charge < -0.3 is 5.32 Å². The van der Waals surface area contributed by atoms with Crippen LogP contribution in [0.2, 0.25) is 0 Å². The molecule has 2 heterocycles. The van der Waals surface area contributed by atoms with Crippen molar-refractivity contribution < 1.29 is 4.79 Å². The maximum absolute atomic E-state index is 12.6. The first kappa shape index (κ1) is 10.8. The second-order valence-corrected chi connectivity index (χ2v) is 7.38. The van der Waals surface area contributed by atoms with Gasteiger partial charge in [-0.1, -0.05) is 0 Å². The standard InChI is InChI=1S/C15H21N3O/c19-15-12-6-16-7-13(12)17-18(15)14-10-2-8-1-9(4-10)5-11(14)3-8/h8-12,14,16H,1-7H2. The molecule has 0 spiro atoms. The molecule has 4 nitrogen and oxygen atoms in total. The highest BCUT2D eigenvalue weighted by Gasteiger charge is 2.53. The minimum Gasteiger partial charge on any atom is -0.310 e. The van der Waals surface area contributed by atoms with Crippen LogP contribution in [-0.2, 0) is 4.79 Å². The number of amides is 1. The number of nitrogens with zero attached hydrogens (tertiary/aromatic N) is 2. The van der Waals surface area contributed by atoms with Gasteiger partial charge in [0.2, 0.25) is 0 Å². The first-order valence-corrected chi connectivity index (χ1v) is 7.90. The number of carbonyl (C=O) groups excluding carboxylic acids is 1. The molecule has 0 aromatic rings. The molecule has 1 atom stereocenters. The van der Waals surface area contributed by atoms with Crippen molar-refractivity contribution in [3.05, 3.63) is 0 Å². The van der Waals surface area contributed by atoms with Gasteiger partial charge in [-0.15, -0.1) is 0 Å². The second-order valence-electron chi connectivity index (χ2n) is 7.38. The van der Waals surface area contributed by atoms with E-state index in [0.29, 0.717) is 6.04 Å². The van der Waals surface area contributed by atoms with E-state index in [4.69, 9.17) is 5.10 Å². The van der Waals surface area contributed by atoms with Crippen molar-refractivity contribution in [2.45, 2.75) is 38.1 Å². The lowest BCUT2D eigenvalue weighted by atomic mass is 9.54. The highest BCUT2D eigenvalue weighted by molar-refractivity contribution is 6.10. The third-order valence-electron chi connectivity index (χ3n) is 6.28. The van der Waals surface area contributed by atoms with Gasteiger partial charge in [-0.2, -0.15) is 5.10 Å². The molecule has 1 unspecified atom stereocenters. The Hall–Kier alpha value is -0.900. The van der Waals surface area contributed by atoms with Crippen LogP contribution in [0, 0.1) is 29.6 Å². The Labute approximate surface area is 113 Å². The Balaban J connectivity index is 1.47. The Kier molecular flexibility index (Phi) is 2.05. The largest absolute Gasteiger partial charge is 0.310 e. The van der Waals surface area contributed by atoms with E-state index >= 15 is 0 Å². The van der Waals surface area contributed by atoms with Crippen molar-refractivity contribution in [2.24, 2.45) is 34.7 Å². The van der Waals surface area contributed by atoms with E-state index in [0.717, 1.165) is 42.5 Å². The van der Waals surface area contributed by atoms with Crippen LogP contribution in [0.1, 0.15) is 32.1 Å². The summed E-state index contributed by atoms with van der Waals surface area (Å²) in [6, 6.07) is 0.443. The van der Waals surface area contributed by atoms with E-state index in [1.54, 1.807) is 0 Å². The van der Waals surface area contributed by atoms with Crippen LogP contribution in [0.5, 0.6) is 0 Å². The third kappa shape index (κ3) is 1.38. The number of carbonyl (C=O) groups is 1. The summed E-state index contributed by atoms with van der Waals surface area (Å²) in [7, 11) is 0. The Morgan fingerprint density at radius 2 is 1.74 bits per heavy atom. The number of hydrogen-bond donors (Lipinski definition) is 1. The molecule has 4 bridgehead atoms. The third-order valence-corrected chi connectivity index (χ3v) is 6.28. The number of rotatable bonds is 1. The van der Waals surface area contributed by atoms with Gasteiger partial charge in [-0.05, 0) is 55.8 Å². The fourth-order valence-corrected chi connectivity index (χ4v) is 5.78. The minimum atomic E-state index is 0.0668. The Morgan fingerprint density at radius 1 is 1.05 bits per heavy atom. The molecule has 1 saturated heterocycles. The molecule has 4 saturated carbocycles. The first-order valence-electron chi connectivity index (χ1n) is 7.90. The molecule has 1 N–H and O–H groups in total. The number of hydrogen-bond acceptors (Lipinski definition) is 3. The molecule has 4 aliphatic carbocycles. The summed E-state index contributed by atoms with van der Waals surface area (Å²) in [4.78, 5) is 12.6. The smallest absolute Gasteiger partial charge is 0.253 e. The van der Waals surface area contributed by atoms with Crippen molar-refractivity contribution in [3.63, 3.8) is 0 Å². The van der Waals surface area contributed by atoms with E-state index in [1.165, 1.54) is 32.1 Å². The van der Waals surface area contributed by atoms with E-state index in [2.05, 4.69) is 5.32 Å². The molecule has 102 valence electrons. The van der Waals surface area contributed by atoms with E-state index in [9.17, 15) is 4.79 Å². The van der Waals surface area contributed by atoms with Crippen molar-refractivity contribution in [1.82, 2.24) is 10.3 Å². The molecule has 5 fully saturated rings. The Bertz CT molecular complexity index is 444. The van der Waals surface area contributed by atoms with Gasteiger partial charge in [-0.3, -0.25) is 4.79 Å². The van der Waals surface area contributed by atoms with Crippen LogP contribution in [-0.4, -0.2) is 35.8 Å². The van der Waals surface area contributed by atoms with E-state index in [-0.39, 0.29) is 11.8 Å². The van der Waals surface area contributed by atoms with Crippen LogP contribution in [0.3, 0.4) is 0 Å². The minimum absolute atomic E-state index is 0.0668. The lowest BCUT2D eigenvalue weighted by Gasteiger charge is -2.55. The molecule has 6 aliphatic rings. The Morgan fingerprint density at radius 3 is 2.37 bits per heavy atom. The van der Waals surface area contributed by atoms with Crippen molar-refractivity contribution in [3.8, 4) is 0 Å². The predicted octanol–water partition coefficient (Wildman–Crippen LogP) is 1.23. The molecule has 1 amide bonds. The van der Waals surface area contributed by atoms with Gasteiger partial charge in [0.05, 0.1) is 17.7 Å². The summed E-state index contributed by atoms with van der Waals surface area (Å²) >= 11 is 0. The van der Waals surface area contributed by atoms with Gasteiger partial charge in [0.15, 0.2) is 0 Å². The molecular formula is C15H21N3O. The molecular weight excluding hydrogens is 238 g/mol. The van der Waals surface area contributed by atoms with Gasteiger partial charge in [0, 0.05) is 13.1 Å². The van der Waals surface area contributed by atoms with Crippen LogP contribution < -0.4 is 5.32 Å². The van der Waals surface area contributed by atoms with Crippen LogP contribution in [0.15, 0.2) is 5.10 Å². The number of nitrogens with one attached hydrogen (secondary N) is 1. The molecule has 2 aliphatic heterocycles. The summed E-state index contributed by atoms with van der Waals surface area (Å²) in [6.45, 7) is 1.63. The molecule has 19 heavy (non-hydrogen) atoms. The summed E-state index contributed by atoms with van der Waals surface area (Å²) < 4.78 is 0. The van der Waals surface area contributed by atoms with Gasteiger partial charge in [0.25, 0.3) is 5.91 Å². The van der Waals surface area contributed by atoms with Gasteiger partial charge >= 0.3 is 0 Å². The highest BCUT2D eigenvalue weighted by Crippen LogP contribution is 2.55. The molecule has 0 aromatic carbocycles. The number of hydrazone groups is 1. The zero-order valence-electron chi connectivity index (χ0n) is 11.2. The van der Waals surface area contributed by atoms with Gasteiger partial charge in [-0.25, -0.2) is 5.01 Å². The summed E-state index contributed by atoms with van der Waals surface area (Å²) in [5.41, 5.74) is 1.10. The molecule has 6 rings (SSSR count). The zero-order valence-corrected chi connectivity index (χ0v) is 11.2. The fraction of sp³-hybridized carbons (Fsp3) is 0.867. The lowest BCUT2D eigenvalue weighted by molar-refractivity contribution is -0.143. The molecule has 0 radical (unpaired) electrons. The van der Waals surface area contributed by atoms with Gasteiger partial charge in [0.1, 0.15) is 0 Å². The monoisotopic (exact) mass is 259 g/mol. The average molecular weight is 259 g/mol. The van der Waals surface area contributed by atoms with Crippen LogP contribution >= 0.6 is 0 Å². The molecule has 0 aromatic heterocycles. The normalized spacial score (nSPS) is 50.8. The quantitative estimate of drug-likeness (QED) is 0.770. The summed E-state index contributed by atoms with van der Waals surface area (Å²) in [5.74, 6) is 3.78. The summed E-state index contributed by atoms with van der Waals surface area (Å²) in [6.07, 6.45) is 6.89. The predicted molar refractivity (Wildman–Crippen MR) is 71.5 cm³/mol. The maximum atomic E-state index is 12.6. The van der Waals surface area contributed by atoms with Crippen molar-refractivity contribution >= 4 is 11.6 Å². The van der Waals surface area contributed by atoms with Crippen LogP contribution in [0.25, 0.3) is 0 Å². The lowest BCUT2D eigenvalue weighted by Crippen LogP contribution is -2.55. The highest BCUT2D eigenvalue weighted by atomic mass is 16.2. The number of fused-ring (bicyclic) bond motifs is 1. The average Bonchev–Trinajstić information content (AvgIpc) is 2.93. The van der Waals surface area contributed by atoms with Crippen LogP contribution in [0.4, 0.5) is 0 Å². The second kappa shape index (κ2) is 3.60.